The van der Waals surface area contributed by atoms with Gasteiger partial charge < -0.3 is 10.6 Å². The van der Waals surface area contributed by atoms with E-state index in [1.165, 1.54) is 22.5 Å². The average molecular weight is 450 g/mol. The van der Waals surface area contributed by atoms with Crippen LogP contribution in [0.5, 0.6) is 0 Å². The molecule has 168 valence electrons. The van der Waals surface area contributed by atoms with Crippen LogP contribution in [0.3, 0.4) is 0 Å². The standard InChI is InChI=1S/C26H31N3O2S/c1-16-6-7-19(13-17(16)2)14-22(30)29-15-18-8-10-20(11-9-18)23-21-5-4-12-28-26(21)32-24(23)25(31)27-3/h4-7,12-13,18,20H,8-11,14-15H2,1-3H3,(H,27,31)(H,29,30). The Morgan fingerprint density at radius 3 is 2.59 bits per heavy atom. The lowest BCUT2D eigenvalue weighted by atomic mass is 9.78. The second-order valence-corrected chi connectivity index (χ2v) is 9.90. The van der Waals surface area contributed by atoms with Crippen molar-refractivity contribution >= 4 is 33.4 Å². The van der Waals surface area contributed by atoms with Crippen LogP contribution in [-0.4, -0.2) is 30.4 Å². The van der Waals surface area contributed by atoms with E-state index in [1.54, 1.807) is 13.2 Å². The van der Waals surface area contributed by atoms with Gasteiger partial charge in [-0.3, -0.25) is 9.59 Å². The van der Waals surface area contributed by atoms with Crippen LogP contribution in [0.25, 0.3) is 10.2 Å². The van der Waals surface area contributed by atoms with E-state index in [9.17, 15) is 9.59 Å². The van der Waals surface area contributed by atoms with Crippen molar-refractivity contribution in [2.45, 2.75) is 51.9 Å². The first-order valence-corrected chi connectivity index (χ1v) is 12.2. The summed E-state index contributed by atoms with van der Waals surface area (Å²) in [5.74, 6) is 0.917. The smallest absolute Gasteiger partial charge is 0.261 e. The fourth-order valence-electron chi connectivity index (χ4n) is 4.71. The van der Waals surface area contributed by atoms with Crippen molar-refractivity contribution in [2.75, 3.05) is 13.6 Å². The molecule has 5 nitrogen and oxygen atoms in total. The summed E-state index contributed by atoms with van der Waals surface area (Å²) < 4.78 is 0. The maximum atomic E-state index is 12.5. The molecule has 2 amide bonds. The summed E-state index contributed by atoms with van der Waals surface area (Å²) in [6.07, 6.45) is 6.39. The van der Waals surface area contributed by atoms with Crippen LogP contribution in [0.15, 0.2) is 36.5 Å². The number of hydrogen-bond donors (Lipinski definition) is 2. The number of aryl methyl sites for hydroxylation is 2. The molecule has 3 aromatic rings. The van der Waals surface area contributed by atoms with Crippen molar-refractivity contribution in [3.63, 3.8) is 0 Å². The van der Waals surface area contributed by atoms with Gasteiger partial charge in [-0.05, 0) is 79.7 Å². The Kier molecular flexibility index (Phi) is 6.89. The molecule has 0 unspecified atom stereocenters. The van der Waals surface area contributed by atoms with E-state index in [-0.39, 0.29) is 11.8 Å². The molecule has 1 aliphatic rings. The SMILES string of the molecule is CNC(=O)c1sc2ncccc2c1C1CCC(CNC(=O)Cc2ccc(C)c(C)c2)CC1. The second-order valence-electron chi connectivity index (χ2n) is 8.90. The van der Waals surface area contributed by atoms with Gasteiger partial charge in [-0.2, -0.15) is 0 Å². The quantitative estimate of drug-likeness (QED) is 0.562. The number of nitrogens with one attached hydrogen (secondary N) is 2. The largest absolute Gasteiger partial charge is 0.356 e. The van der Waals surface area contributed by atoms with Crippen LogP contribution in [0.4, 0.5) is 0 Å². The van der Waals surface area contributed by atoms with E-state index in [0.29, 0.717) is 18.3 Å². The topological polar surface area (TPSA) is 71.1 Å². The fraction of sp³-hybridized carbons (Fsp3) is 0.423. The van der Waals surface area contributed by atoms with Crippen LogP contribution in [0, 0.1) is 19.8 Å². The number of fused-ring (bicyclic) bond motifs is 1. The first-order valence-electron chi connectivity index (χ1n) is 11.4. The highest BCUT2D eigenvalue weighted by molar-refractivity contribution is 7.20. The molecule has 2 heterocycles. The number of rotatable bonds is 6. The molecule has 1 aromatic carbocycles. The maximum Gasteiger partial charge on any atom is 0.261 e. The van der Waals surface area contributed by atoms with E-state index in [1.807, 2.05) is 12.1 Å². The second kappa shape index (κ2) is 9.82. The molecule has 2 N–H and O–H groups in total. The number of pyridine rings is 1. The Morgan fingerprint density at radius 2 is 1.88 bits per heavy atom. The highest BCUT2D eigenvalue weighted by Gasteiger charge is 2.29. The highest BCUT2D eigenvalue weighted by atomic mass is 32.1. The number of aromatic nitrogens is 1. The molecular weight excluding hydrogens is 418 g/mol. The predicted molar refractivity (Wildman–Crippen MR) is 130 cm³/mol. The zero-order valence-corrected chi connectivity index (χ0v) is 19.8. The van der Waals surface area contributed by atoms with Gasteiger partial charge in [-0.15, -0.1) is 11.3 Å². The minimum Gasteiger partial charge on any atom is -0.356 e. The van der Waals surface area contributed by atoms with Gasteiger partial charge in [0.1, 0.15) is 4.83 Å². The number of carbonyl (C=O) groups is 2. The van der Waals surface area contributed by atoms with Crippen molar-refractivity contribution in [2.24, 2.45) is 5.92 Å². The van der Waals surface area contributed by atoms with Crippen molar-refractivity contribution in [1.29, 1.82) is 0 Å². The molecule has 0 spiro atoms. The van der Waals surface area contributed by atoms with Crippen molar-refractivity contribution in [3.05, 3.63) is 63.7 Å². The number of hydrogen-bond acceptors (Lipinski definition) is 4. The Labute approximate surface area is 193 Å². The van der Waals surface area contributed by atoms with Gasteiger partial charge in [-0.25, -0.2) is 4.98 Å². The van der Waals surface area contributed by atoms with Crippen molar-refractivity contribution < 1.29 is 9.59 Å². The molecule has 1 aliphatic carbocycles. The Balaban J connectivity index is 1.35. The molecule has 0 saturated heterocycles. The average Bonchev–Trinajstić information content (AvgIpc) is 3.19. The van der Waals surface area contributed by atoms with Gasteiger partial charge in [0.15, 0.2) is 0 Å². The van der Waals surface area contributed by atoms with Gasteiger partial charge in [0.25, 0.3) is 5.91 Å². The van der Waals surface area contributed by atoms with Crippen LogP contribution in [-0.2, 0) is 11.2 Å². The zero-order valence-electron chi connectivity index (χ0n) is 19.0. The molecule has 4 rings (SSSR count). The molecule has 0 atom stereocenters. The van der Waals surface area contributed by atoms with E-state index < -0.39 is 0 Å². The van der Waals surface area contributed by atoms with E-state index in [0.717, 1.165) is 58.4 Å². The lowest BCUT2D eigenvalue weighted by Gasteiger charge is -2.29. The van der Waals surface area contributed by atoms with Gasteiger partial charge in [-0.1, -0.05) is 24.3 Å². The summed E-state index contributed by atoms with van der Waals surface area (Å²) in [4.78, 5) is 31.1. The molecule has 32 heavy (non-hydrogen) atoms. The predicted octanol–water partition coefficient (Wildman–Crippen LogP) is 4.91. The lowest BCUT2D eigenvalue weighted by molar-refractivity contribution is -0.120. The van der Waals surface area contributed by atoms with Gasteiger partial charge in [0, 0.05) is 25.2 Å². The monoisotopic (exact) mass is 449 g/mol. The normalized spacial score (nSPS) is 18.5. The van der Waals surface area contributed by atoms with Gasteiger partial charge in [0.2, 0.25) is 5.91 Å². The summed E-state index contributed by atoms with van der Waals surface area (Å²) in [7, 11) is 1.68. The number of amides is 2. The summed E-state index contributed by atoms with van der Waals surface area (Å²) in [5, 5.41) is 7.04. The Bertz CT molecular complexity index is 1130. The zero-order chi connectivity index (χ0) is 22.7. The molecule has 1 fully saturated rings. The Hall–Kier alpha value is -2.73. The molecule has 1 saturated carbocycles. The number of nitrogens with zero attached hydrogens (tertiary/aromatic N) is 1. The number of carbonyl (C=O) groups excluding carboxylic acids is 2. The van der Waals surface area contributed by atoms with Crippen molar-refractivity contribution in [3.8, 4) is 0 Å². The van der Waals surface area contributed by atoms with Gasteiger partial charge in [0.05, 0.1) is 11.3 Å². The molecule has 2 aromatic heterocycles. The van der Waals surface area contributed by atoms with Crippen LogP contribution >= 0.6 is 11.3 Å². The van der Waals surface area contributed by atoms with Gasteiger partial charge >= 0.3 is 0 Å². The van der Waals surface area contributed by atoms with E-state index >= 15 is 0 Å². The fourth-order valence-corrected chi connectivity index (χ4v) is 5.89. The summed E-state index contributed by atoms with van der Waals surface area (Å²) in [5.41, 5.74) is 4.70. The van der Waals surface area contributed by atoms with Crippen LogP contribution in [0.2, 0.25) is 0 Å². The lowest BCUT2D eigenvalue weighted by Crippen LogP contribution is -2.32. The Morgan fingerprint density at radius 1 is 1.09 bits per heavy atom. The number of thiophene rings is 1. The van der Waals surface area contributed by atoms with E-state index in [4.69, 9.17) is 0 Å². The first-order chi connectivity index (χ1) is 15.5. The van der Waals surface area contributed by atoms with E-state index in [2.05, 4.69) is 47.7 Å². The molecule has 0 aliphatic heterocycles. The summed E-state index contributed by atoms with van der Waals surface area (Å²) >= 11 is 1.49. The van der Waals surface area contributed by atoms with Crippen molar-refractivity contribution in [1.82, 2.24) is 15.6 Å². The van der Waals surface area contributed by atoms with Crippen LogP contribution in [0.1, 0.15) is 63.5 Å². The molecule has 0 radical (unpaired) electrons. The third-order valence-corrected chi connectivity index (χ3v) is 7.84. The molecule has 0 bridgehead atoms. The highest BCUT2D eigenvalue weighted by Crippen LogP contribution is 2.43. The maximum absolute atomic E-state index is 12.5. The summed E-state index contributed by atoms with van der Waals surface area (Å²) in [6.45, 7) is 4.89. The first kappa shape index (κ1) is 22.5. The number of benzene rings is 1. The minimum absolute atomic E-state index is 0.0243. The minimum atomic E-state index is -0.0243. The third-order valence-electron chi connectivity index (χ3n) is 6.72. The molecule has 6 heteroatoms. The third kappa shape index (κ3) is 4.85. The van der Waals surface area contributed by atoms with Crippen LogP contribution < -0.4 is 10.6 Å². The molecular formula is C26H31N3O2S. The summed E-state index contributed by atoms with van der Waals surface area (Å²) in [6, 6.07) is 10.2.